The van der Waals surface area contributed by atoms with Gasteiger partial charge in [-0.05, 0) is 32.9 Å². The highest BCUT2D eigenvalue weighted by Crippen LogP contribution is 2.38. The van der Waals surface area contributed by atoms with Crippen LogP contribution in [0.15, 0.2) is 0 Å². The Hall–Kier alpha value is -0.120. The third-order valence-corrected chi connectivity index (χ3v) is 4.94. The predicted octanol–water partition coefficient (Wildman–Crippen LogP) is 0.908. The van der Waals surface area contributed by atoms with Crippen LogP contribution in [0.5, 0.6) is 0 Å². The van der Waals surface area contributed by atoms with E-state index >= 15 is 0 Å². The molecule has 2 aliphatic heterocycles. The number of hydrogen-bond donors (Lipinski definition) is 1. The first-order chi connectivity index (χ1) is 7.80. The van der Waals surface area contributed by atoms with Crippen LogP contribution >= 0.6 is 0 Å². The highest BCUT2D eigenvalue weighted by atomic mass is 15.3. The first-order valence-electron chi connectivity index (χ1n) is 6.96. The Bertz CT molecular complexity index is 248. The van der Waals surface area contributed by atoms with Crippen LogP contribution in [0.25, 0.3) is 0 Å². The van der Waals surface area contributed by atoms with E-state index in [4.69, 9.17) is 0 Å². The first-order valence-corrected chi connectivity index (χ1v) is 6.96. The molecule has 0 aromatic carbocycles. The van der Waals surface area contributed by atoms with E-state index in [1.807, 2.05) is 0 Å². The van der Waals surface area contributed by atoms with Crippen molar-refractivity contribution in [3.63, 3.8) is 0 Å². The van der Waals surface area contributed by atoms with Crippen molar-refractivity contribution in [2.45, 2.75) is 43.7 Å². The molecule has 1 saturated carbocycles. The minimum Gasteiger partial charge on any atom is -0.315 e. The molecule has 3 fully saturated rings. The molecule has 0 amide bonds. The molecule has 3 nitrogen and oxygen atoms in total. The summed E-state index contributed by atoms with van der Waals surface area (Å²) in [5.41, 5.74) is 0.530. The van der Waals surface area contributed by atoms with Gasteiger partial charge in [-0.3, -0.25) is 4.90 Å². The maximum Gasteiger partial charge on any atom is 0.0337 e. The van der Waals surface area contributed by atoms with Crippen LogP contribution in [0.1, 0.15) is 32.1 Å². The summed E-state index contributed by atoms with van der Waals surface area (Å²) >= 11 is 0. The van der Waals surface area contributed by atoms with Gasteiger partial charge in [0.2, 0.25) is 0 Å². The van der Waals surface area contributed by atoms with E-state index in [2.05, 4.69) is 22.2 Å². The lowest BCUT2D eigenvalue weighted by Gasteiger charge is -2.49. The Kier molecular flexibility index (Phi) is 2.94. The number of fused-ring (bicyclic) bond motifs is 2. The van der Waals surface area contributed by atoms with Crippen molar-refractivity contribution in [2.75, 3.05) is 39.8 Å². The summed E-state index contributed by atoms with van der Waals surface area (Å²) in [6.07, 6.45) is 7.09. The maximum absolute atomic E-state index is 3.69. The van der Waals surface area contributed by atoms with Crippen LogP contribution < -0.4 is 5.32 Å². The van der Waals surface area contributed by atoms with E-state index in [1.165, 1.54) is 64.8 Å². The SMILES string of the molecule is CN1CCN2C(CCNCC23CCCC3)C1. The number of nitrogens with one attached hydrogen (secondary N) is 1. The van der Waals surface area contributed by atoms with Crippen molar-refractivity contribution in [1.82, 2.24) is 15.1 Å². The molecule has 16 heavy (non-hydrogen) atoms. The third kappa shape index (κ3) is 1.79. The van der Waals surface area contributed by atoms with Crippen molar-refractivity contribution in [1.29, 1.82) is 0 Å². The molecule has 2 saturated heterocycles. The summed E-state index contributed by atoms with van der Waals surface area (Å²) in [4.78, 5) is 5.38. The number of hydrogen-bond acceptors (Lipinski definition) is 3. The van der Waals surface area contributed by atoms with Crippen molar-refractivity contribution < 1.29 is 0 Å². The van der Waals surface area contributed by atoms with Crippen molar-refractivity contribution in [3.8, 4) is 0 Å². The van der Waals surface area contributed by atoms with E-state index in [9.17, 15) is 0 Å². The van der Waals surface area contributed by atoms with Gasteiger partial charge >= 0.3 is 0 Å². The number of rotatable bonds is 0. The second-order valence-electron chi connectivity index (χ2n) is 6.01. The van der Waals surface area contributed by atoms with Crippen molar-refractivity contribution >= 4 is 0 Å². The lowest BCUT2D eigenvalue weighted by molar-refractivity contribution is 0.00397. The quantitative estimate of drug-likeness (QED) is 0.658. The molecule has 1 N–H and O–H groups in total. The number of nitrogens with zero attached hydrogens (tertiary/aromatic N) is 2. The Morgan fingerprint density at radius 1 is 1.19 bits per heavy atom. The predicted molar refractivity (Wildman–Crippen MR) is 66.7 cm³/mol. The third-order valence-electron chi connectivity index (χ3n) is 4.94. The molecule has 0 bridgehead atoms. The summed E-state index contributed by atoms with van der Waals surface area (Å²) in [5, 5.41) is 3.69. The number of likely N-dealkylation sites (N-methyl/N-ethyl adjacent to an activating group) is 1. The molecular weight excluding hydrogens is 198 g/mol. The average Bonchev–Trinajstić information content (AvgIpc) is 2.66. The Morgan fingerprint density at radius 2 is 2.00 bits per heavy atom. The van der Waals surface area contributed by atoms with Crippen LogP contribution in [0.3, 0.4) is 0 Å². The molecule has 3 heteroatoms. The summed E-state index contributed by atoms with van der Waals surface area (Å²) in [7, 11) is 2.27. The summed E-state index contributed by atoms with van der Waals surface area (Å²) in [6, 6.07) is 0.812. The molecule has 0 aromatic heterocycles. The largest absolute Gasteiger partial charge is 0.315 e. The zero-order chi connectivity index (χ0) is 11.0. The van der Waals surface area contributed by atoms with E-state index in [0.717, 1.165) is 6.04 Å². The summed E-state index contributed by atoms with van der Waals surface area (Å²) in [6.45, 7) is 6.30. The number of piperazine rings is 1. The van der Waals surface area contributed by atoms with Gasteiger partial charge in [0.15, 0.2) is 0 Å². The van der Waals surface area contributed by atoms with Gasteiger partial charge in [-0.25, -0.2) is 0 Å². The van der Waals surface area contributed by atoms with Crippen LogP contribution in [-0.4, -0.2) is 61.2 Å². The van der Waals surface area contributed by atoms with Gasteiger partial charge in [0.25, 0.3) is 0 Å². The van der Waals surface area contributed by atoms with E-state index in [1.54, 1.807) is 0 Å². The first kappa shape index (κ1) is 11.0. The fourth-order valence-electron chi connectivity index (χ4n) is 4.07. The molecule has 1 unspecified atom stereocenters. The van der Waals surface area contributed by atoms with Crippen LogP contribution in [0.2, 0.25) is 0 Å². The van der Waals surface area contributed by atoms with E-state index in [0.29, 0.717) is 5.54 Å². The zero-order valence-electron chi connectivity index (χ0n) is 10.5. The monoisotopic (exact) mass is 223 g/mol. The second-order valence-corrected chi connectivity index (χ2v) is 6.01. The van der Waals surface area contributed by atoms with Crippen molar-refractivity contribution in [2.24, 2.45) is 0 Å². The van der Waals surface area contributed by atoms with Gasteiger partial charge in [-0.1, -0.05) is 12.8 Å². The Morgan fingerprint density at radius 3 is 2.81 bits per heavy atom. The van der Waals surface area contributed by atoms with Crippen LogP contribution in [0, 0.1) is 0 Å². The lowest BCUT2D eigenvalue weighted by Crippen LogP contribution is -2.61. The van der Waals surface area contributed by atoms with Crippen LogP contribution in [0.4, 0.5) is 0 Å². The van der Waals surface area contributed by atoms with Crippen LogP contribution in [-0.2, 0) is 0 Å². The van der Waals surface area contributed by atoms with E-state index in [-0.39, 0.29) is 0 Å². The standard InChI is InChI=1S/C13H25N3/c1-15-8-9-16-12(10-15)4-7-14-11-13(16)5-2-3-6-13/h12,14H,2-11H2,1H3. The van der Waals surface area contributed by atoms with Gasteiger partial charge in [0.1, 0.15) is 0 Å². The lowest BCUT2D eigenvalue weighted by atomic mass is 9.92. The summed E-state index contributed by atoms with van der Waals surface area (Å²) in [5.74, 6) is 0. The second kappa shape index (κ2) is 4.28. The minimum absolute atomic E-state index is 0.530. The molecule has 3 aliphatic rings. The Labute approximate surface area is 99.2 Å². The maximum atomic E-state index is 3.69. The van der Waals surface area contributed by atoms with Gasteiger partial charge in [-0.15, -0.1) is 0 Å². The van der Waals surface area contributed by atoms with Gasteiger partial charge in [-0.2, -0.15) is 0 Å². The van der Waals surface area contributed by atoms with Gasteiger partial charge < -0.3 is 10.2 Å². The van der Waals surface area contributed by atoms with Crippen molar-refractivity contribution in [3.05, 3.63) is 0 Å². The molecule has 92 valence electrons. The summed E-state index contributed by atoms with van der Waals surface area (Å²) < 4.78 is 0. The highest BCUT2D eigenvalue weighted by molar-refractivity contribution is 5.02. The molecule has 1 spiro atoms. The molecule has 1 aliphatic carbocycles. The molecule has 0 aromatic rings. The topological polar surface area (TPSA) is 18.5 Å². The van der Waals surface area contributed by atoms with Gasteiger partial charge in [0, 0.05) is 37.8 Å². The smallest absolute Gasteiger partial charge is 0.0337 e. The normalized spacial score (nSPS) is 36.2. The molecule has 3 rings (SSSR count). The fourth-order valence-corrected chi connectivity index (χ4v) is 4.07. The highest BCUT2D eigenvalue weighted by Gasteiger charge is 2.44. The zero-order valence-corrected chi connectivity index (χ0v) is 10.5. The van der Waals surface area contributed by atoms with E-state index < -0.39 is 0 Å². The van der Waals surface area contributed by atoms with Gasteiger partial charge in [0.05, 0.1) is 0 Å². The average molecular weight is 223 g/mol. The minimum atomic E-state index is 0.530. The fraction of sp³-hybridized carbons (Fsp3) is 1.00. The molecule has 2 heterocycles. The molecular formula is C13H25N3. The molecule has 1 atom stereocenters. The molecule has 0 radical (unpaired) electrons. The Balaban J connectivity index is 1.82.